The summed E-state index contributed by atoms with van der Waals surface area (Å²) in [6, 6.07) is 4.98. The summed E-state index contributed by atoms with van der Waals surface area (Å²) in [5, 5.41) is 21.8. The van der Waals surface area contributed by atoms with Gasteiger partial charge in [0, 0.05) is 12.2 Å². The van der Waals surface area contributed by atoms with Crippen LogP contribution in [0.15, 0.2) is 30.7 Å². The molecule has 164 valence electrons. The molecule has 1 aliphatic heterocycles. The summed E-state index contributed by atoms with van der Waals surface area (Å²) in [6.45, 7) is 0.742. The van der Waals surface area contributed by atoms with Crippen LogP contribution in [-0.4, -0.2) is 56.2 Å². The molecule has 2 aromatic heterocycles. The van der Waals surface area contributed by atoms with Crippen LogP contribution in [0.4, 0.5) is 19.1 Å². The number of nitrogens with one attached hydrogen (secondary N) is 1. The molecular weight excluding hydrogens is 411 g/mol. The summed E-state index contributed by atoms with van der Waals surface area (Å²) in [4.78, 5) is 4.15. The second-order valence-electron chi connectivity index (χ2n) is 8.19. The third-order valence-corrected chi connectivity index (χ3v) is 5.82. The van der Waals surface area contributed by atoms with Gasteiger partial charge in [-0.05, 0) is 36.3 Å². The lowest BCUT2D eigenvalue weighted by Gasteiger charge is -2.28. The minimum absolute atomic E-state index is 0.190. The van der Waals surface area contributed by atoms with E-state index in [2.05, 4.69) is 20.5 Å². The van der Waals surface area contributed by atoms with E-state index in [9.17, 15) is 18.3 Å². The topological polar surface area (TPSA) is 84.6 Å². The highest BCUT2D eigenvalue weighted by Gasteiger charge is 2.32. The van der Waals surface area contributed by atoms with Gasteiger partial charge in [-0.3, -0.25) is 4.40 Å². The van der Waals surface area contributed by atoms with Crippen molar-refractivity contribution >= 4 is 11.5 Å². The maximum absolute atomic E-state index is 13.3. The molecule has 7 nitrogen and oxygen atoms in total. The fraction of sp³-hybridized carbons (Fsp3) is 0.476. The second-order valence-corrected chi connectivity index (χ2v) is 8.19. The number of fused-ring (bicyclic) bond motifs is 1. The number of hydrogen-bond acceptors (Lipinski definition) is 6. The van der Waals surface area contributed by atoms with Crippen LogP contribution in [0.5, 0.6) is 0 Å². The molecule has 1 saturated carbocycles. The van der Waals surface area contributed by atoms with E-state index in [-0.39, 0.29) is 18.2 Å². The van der Waals surface area contributed by atoms with Crippen LogP contribution in [0.25, 0.3) is 16.8 Å². The van der Waals surface area contributed by atoms with Gasteiger partial charge in [-0.1, -0.05) is 18.2 Å². The Morgan fingerprint density at radius 3 is 2.77 bits per heavy atom. The molecule has 2 aliphatic rings. The van der Waals surface area contributed by atoms with Gasteiger partial charge >= 0.3 is 6.18 Å². The number of rotatable bonds is 5. The molecule has 5 rings (SSSR count). The summed E-state index contributed by atoms with van der Waals surface area (Å²) in [5.74, 6) is 0.716. The molecule has 2 fully saturated rings. The summed E-state index contributed by atoms with van der Waals surface area (Å²) < 4.78 is 46.8. The minimum Gasteiger partial charge on any atom is -0.389 e. The molecular formula is C21H22F3N5O2. The number of halogens is 3. The molecule has 2 atom stereocenters. The molecule has 1 aromatic carbocycles. The van der Waals surface area contributed by atoms with Crippen LogP contribution in [0.2, 0.25) is 0 Å². The summed E-state index contributed by atoms with van der Waals surface area (Å²) in [7, 11) is 0. The van der Waals surface area contributed by atoms with E-state index in [4.69, 9.17) is 4.74 Å². The van der Waals surface area contributed by atoms with Crippen LogP contribution >= 0.6 is 0 Å². The second kappa shape index (κ2) is 7.76. The highest BCUT2D eigenvalue weighted by Crippen LogP contribution is 2.42. The first-order valence-corrected chi connectivity index (χ1v) is 10.3. The highest BCUT2D eigenvalue weighted by molar-refractivity contribution is 5.79. The zero-order chi connectivity index (χ0) is 21.6. The van der Waals surface area contributed by atoms with E-state index in [1.165, 1.54) is 6.33 Å². The lowest BCUT2D eigenvalue weighted by Crippen LogP contribution is -2.42. The largest absolute Gasteiger partial charge is 0.393 e. The van der Waals surface area contributed by atoms with Gasteiger partial charge in [0.2, 0.25) is 5.95 Å². The monoisotopic (exact) mass is 433 g/mol. The van der Waals surface area contributed by atoms with E-state index >= 15 is 0 Å². The van der Waals surface area contributed by atoms with Crippen molar-refractivity contribution in [1.29, 1.82) is 0 Å². The molecule has 10 heteroatoms. The highest BCUT2D eigenvalue weighted by atomic mass is 19.4. The van der Waals surface area contributed by atoms with Gasteiger partial charge in [-0.2, -0.15) is 13.2 Å². The molecule has 1 saturated heterocycles. The van der Waals surface area contributed by atoms with Gasteiger partial charge in [0.05, 0.1) is 36.9 Å². The number of aliphatic hydroxyl groups is 1. The fourth-order valence-electron chi connectivity index (χ4n) is 4.06. The third-order valence-electron chi connectivity index (χ3n) is 5.82. The number of hydrogen-bond donors (Lipinski definition) is 2. The van der Waals surface area contributed by atoms with Crippen molar-refractivity contribution in [2.45, 2.75) is 49.9 Å². The quantitative estimate of drug-likeness (QED) is 0.642. The lowest BCUT2D eigenvalue weighted by molar-refractivity contribution is -0.127. The number of imidazole rings is 1. The van der Waals surface area contributed by atoms with Crippen LogP contribution in [0, 0.1) is 0 Å². The maximum Gasteiger partial charge on any atom is 0.393 e. The van der Waals surface area contributed by atoms with Gasteiger partial charge in [0.25, 0.3) is 0 Å². The van der Waals surface area contributed by atoms with Crippen LogP contribution < -0.4 is 5.32 Å². The van der Waals surface area contributed by atoms with Crippen molar-refractivity contribution in [1.82, 2.24) is 19.6 Å². The van der Waals surface area contributed by atoms with Crippen molar-refractivity contribution in [2.24, 2.45) is 0 Å². The number of anilines is 1. The van der Waals surface area contributed by atoms with Gasteiger partial charge in [0.15, 0.2) is 0 Å². The van der Waals surface area contributed by atoms with E-state index in [0.717, 1.165) is 18.4 Å². The Labute approximate surface area is 176 Å². The zero-order valence-electron chi connectivity index (χ0n) is 16.6. The lowest BCUT2D eigenvalue weighted by atomic mass is 9.96. The average Bonchev–Trinajstić information content (AvgIpc) is 3.45. The van der Waals surface area contributed by atoms with Gasteiger partial charge in [-0.15, -0.1) is 10.2 Å². The Bertz CT molecular complexity index is 1100. The SMILES string of the molecule is O[C@@H]1COCCC1Nc1nnc(-c2ccc(C3CC3)cc2CC(F)(F)F)c2cncn12. The Morgan fingerprint density at radius 1 is 1.19 bits per heavy atom. The fourth-order valence-corrected chi connectivity index (χ4v) is 4.06. The third kappa shape index (κ3) is 4.22. The van der Waals surface area contributed by atoms with E-state index in [1.54, 1.807) is 22.7 Å². The zero-order valence-corrected chi connectivity index (χ0v) is 16.6. The molecule has 3 heterocycles. The molecule has 1 unspecified atom stereocenters. The first kappa shape index (κ1) is 20.2. The first-order chi connectivity index (χ1) is 14.9. The van der Waals surface area contributed by atoms with Crippen molar-refractivity contribution in [2.75, 3.05) is 18.5 Å². The molecule has 0 radical (unpaired) electrons. The molecule has 0 amide bonds. The number of alkyl halides is 3. The predicted octanol–water partition coefficient (Wildman–Crippen LogP) is 3.34. The number of ether oxygens (including phenoxy) is 1. The number of benzene rings is 1. The van der Waals surface area contributed by atoms with Crippen LogP contribution in [-0.2, 0) is 11.2 Å². The molecule has 1 aliphatic carbocycles. The van der Waals surface area contributed by atoms with Crippen molar-refractivity contribution in [3.63, 3.8) is 0 Å². The van der Waals surface area contributed by atoms with E-state index in [0.29, 0.717) is 41.7 Å². The van der Waals surface area contributed by atoms with Crippen molar-refractivity contribution in [3.8, 4) is 11.3 Å². The summed E-state index contributed by atoms with van der Waals surface area (Å²) in [6.07, 6.45) is -0.348. The predicted molar refractivity (Wildman–Crippen MR) is 107 cm³/mol. The van der Waals surface area contributed by atoms with Gasteiger partial charge < -0.3 is 15.2 Å². The normalized spacial score (nSPS) is 22.1. The van der Waals surface area contributed by atoms with Crippen molar-refractivity contribution < 1.29 is 23.0 Å². The Balaban J connectivity index is 1.54. The molecule has 0 bridgehead atoms. The Morgan fingerprint density at radius 2 is 2.03 bits per heavy atom. The molecule has 2 N–H and O–H groups in total. The summed E-state index contributed by atoms with van der Waals surface area (Å²) >= 11 is 0. The van der Waals surface area contributed by atoms with E-state index in [1.807, 2.05) is 6.07 Å². The van der Waals surface area contributed by atoms with Crippen molar-refractivity contribution in [3.05, 3.63) is 41.9 Å². The summed E-state index contributed by atoms with van der Waals surface area (Å²) in [5.41, 5.74) is 2.42. The first-order valence-electron chi connectivity index (χ1n) is 10.3. The van der Waals surface area contributed by atoms with E-state index < -0.39 is 18.7 Å². The number of nitrogens with zero attached hydrogens (tertiary/aromatic N) is 4. The minimum atomic E-state index is -4.33. The van der Waals surface area contributed by atoms with Gasteiger partial charge in [0.1, 0.15) is 12.0 Å². The standard InChI is InChI=1S/C21H22F3N5O2/c22-21(23,24)8-14-7-13(12-1-2-12)3-4-15(14)19-17-9-25-11-29(17)20(28-27-19)26-16-5-6-31-10-18(16)30/h3-4,7,9,11-12,16,18,30H,1-2,5-6,8,10H2,(H,26,28)/t16?,18-/m1/s1. The average molecular weight is 433 g/mol. The number of aliphatic hydroxyl groups excluding tert-OH is 1. The maximum atomic E-state index is 13.3. The van der Waals surface area contributed by atoms with Crippen LogP contribution in [0.3, 0.4) is 0 Å². The molecule has 31 heavy (non-hydrogen) atoms. The molecule has 0 spiro atoms. The Hall–Kier alpha value is -2.72. The Kier molecular flexibility index (Phi) is 5.05. The smallest absolute Gasteiger partial charge is 0.389 e. The van der Waals surface area contributed by atoms with Gasteiger partial charge in [-0.25, -0.2) is 4.98 Å². The van der Waals surface area contributed by atoms with Crippen LogP contribution in [0.1, 0.15) is 36.3 Å². The molecule has 3 aromatic rings. The number of aromatic nitrogens is 4.